The fourth-order valence-corrected chi connectivity index (χ4v) is 7.84. The quantitative estimate of drug-likeness (QED) is 0.508. The minimum Gasteiger partial charge on any atom is -0.394 e. The molecule has 1 N–H and O–H groups in total. The summed E-state index contributed by atoms with van der Waals surface area (Å²) in [4.78, 5) is 48.8. The molecule has 8 nitrogen and oxygen atoms in total. The van der Waals surface area contributed by atoms with E-state index in [1.807, 2.05) is 87.5 Å². The number of nitrogens with zero attached hydrogens (tertiary/aromatic N) is 3. The Morgan fingerprint density at radius 2 is 1.64 bits per heavy atom. The molecule has 4 aliphatic heterocycles. The molecule has 6 atom stereocenters. The summed E-state index contributed by atoms with van der Waals surface area (Å²) < 4.78 is 7.04. The summed E-state index contributed by atoms with van der Waals surface area (Å²) in [6.45, 7) is 5.95. The number of hydrogen-bond donors (Lipinski definition) is 1. The largest absolute Gasteiger partial charge is 0.394 e. The molecular weight excluding hydrogens is 554 g/mol. The third-order valence-corrected chi connectivity index (χ3v) is 9.78. The van der Waals surface area contributed by atoms with Crippen molar-refractivity contribution in [3.63, 3.8) is 0 Å². The second-order valence-corrected chi connectivity index (χ2v) is 12.0. The summed E-state index contributed by atoms with van der Waals surface area (Å²) in [6.07, 6.45) is 8.39. The number of aliphatic hydroxyl groups excluding tert-OH is 1. The number of fused-ring (bicyclic) bond motifs is 2. The van der Waals surface area contributed by atoms with E-state index >= 15 is 0 Å². The highest BCUT2D eigenvalue weighted by atomic mass is 35.5. The van der Waals surface area contributed by atoms with Crippen molar-refractivity contribution in [1.82, 2.24) is 4.90 Å². The number of carbonyl (C=O) groups excluding carboxylic acids is 3. The predicted octanol–water partition coefficient (Wildman–Crippen LogP) is 4.29. The zero-order chi connectivity index (χ0) is 29.8. The fraction of sp³-hybridized carbons (Fsp3) is 0.424. The third-order valence-electron chi connectivity index (χ3n) is 9.48. The van der Waals surface area contributed by atoms with Crippen LogP contribution >= 0.6 is 11.6 Å². The number of anilines is 2. The molecule has 0 aromatic heterocycles. The highest BCUT2D eigenvalue weighted by Gasteiger charge is 2.76. The Kier molecular flexibility index (Phi) is 7.28. The van der Waals surface area contributed by atoms with Crippen LogP contribution < -0.4 is 9.80 Å². The van der Waals surface area contributed by atoms with Gasteiger partial charge < -0.3 is 24.5 Å². The van der Waals surface area contributed by atoms with Crippen molar-refractivity contribution in [3.05, 3.63) is 83.4 Å². The van der Waals surface area contributed by atoms with Crippen LogP contribution in [-0.4, -0.2) is 70.7 Å². The first-order valence-electron chi connectivity index (χ1n) is 14.7. The van der Waals surface area contributed by atoms with Crippen LogP contribution in [0, 0.1) is 18.8 Å². The molecule has 1 unspecified atom stereocenters. The van der Waals surface area contributed by atoms with E-state index in [0.717, 1.165) is 11.3 Å². The minimum atomic E-state index is -1.42. The van der Waals surface area contributed by atoms with E-state index in [-0.39, 0.29) is 30.9 Å². The maximum Gasteiger partial charge on any atom is 0.253 e. The van der Waals surface area contributed by atoms with Crippen LogP contribution in [0.4, 0.5) is 11.4 Å². The van der Waals surface area contributed by atoms with E-state index in [9.17, 15) is 19.5 Å². The maximum absolute atomic E-state index is 14.8. The molecule has 4 aliphatic rings. The van der Waals surface area contributed by atoms with Gasteiger partial charge in [0.1, 0.15) is 11.6 Å². The van der Waals surface area contributed by atoms with Gasteiger partial charge in [-0.25, -0.2) is 0 Å². The van der Waals surface area contributed by atoms with Crippen LogP contribution in [0.5, 0.6) is 0 Å². The Bertz CT molecular complexity index is 1450. The van der Waals surface area contributed by atoms with Gasteiger partial charge in [0.15, 0.2) is 0 Å². The molecule has 9 heteroatoms. The SMILES string of the molecule is CC[C@@H](CO)N1C(=O)[C@@H]2[C@@H]3C(=O)N(c4ccccc4)CC=C[C@]3(CC)O[C@@]23C=CCN(c2c(C)cccc2Cl)C(=O)C13. The molecule has 42 heavy (non-hydrogen) atoms. The average molecular weight is 590 g/mol. The van der Waals surface area contributed by atoms with Gasteiger partial charge in [-0.1, -0.05) is 80.1 Å². The Morgan fingerprint density at radius 3 is 2.31 bits per heavy atom. The van der Waals surface area contributed by atoms with E-state index in [0.29, 0.717) is 30.1 Å². The molecule has 3 amide bonds. The van der Waals surface area contributed by atoms with E-state index in [2.05, 4.69) is 0 Å². The number of rotatable bonds is 6. The van der Waals surface area contributed by atoms with E-state index in [1.54, 1.807) is 15.9 Å². The summed E-state index contributed by atoms with van der Waals surface area (Å²) in [6, 6.07) is 13.1. The molecule has 0 aliphatic carbocycles. The second kappa shape index (κ2) is 10.7. The van der Waals surface area contributed by atoms with Crippen molar-refractivity contribution in [3.8, 4) is 0 Å². The number of amides is 3. The zero-order valence-electron chi connectivity index (χ0n) is 24.1. The predicted molar refractivity (Wildman–Crippen MR) is 161 cm³/mol. The van der Waals surface area contributed by atoms with Gasteiger partial charge >= 0.3 is 0 Å². The average Bonchev–Trinajstić information content (AvgIpc) is 3.28. The lowest BCUT2D eigenvalue weighted by molar-refractivity contribution is -0.149. The Hall–Kier alpha value is -3.46. The third kappa shape index (κ3) is 3.99. The molecule has 0 radical (unpaired) electrons. The lowest BCUT2D eigenvalue weighted by atomic mass is 9.73. The van der Waals surface area contributed by atoms with Crippen molar-refractivity contribution in [2.45, 2.75) is 56.9 Å². The van der Waals surface area contributed by atoms with Crippen LogP contribution in [0.15, 0.2) is 72.8 Å². The normalized spacial score (nSPS) is 31.1. The van der Waals surface area contributed by atoms with Gasteiger partial charge in [-0.2, -0.15) is 0 Å². The Balaban J connectivity index is 1.54. The van der Waals surface area contributed by atoms with Gasteiger partial charge in [0.25, 0.3) is 5.91 Å². The lowest BCUT2D eigenvalue weighted by Gasteiger charge is -2.40. The van der Waals surface area contributed by atoms with Crippen LogP contribution in [0.1, 0.15) is 32.3 Å². The highest BCUT2D eigenvalue weighted by Crippen LogP contribution is 2.59. The van der Waals surface area contributed by atoms with Crippen LogP contribution in [0.2, 0.25) is 5.02 Å². The van der Waals surface area contributed by atoms with Crippen LogP contribution in [0.25, 0.3) is 0 Å². The molecule has 6 rings (SSSR count). The maximum atomic E-state index is 14.8. The number of carbonyl (C=O) groups is 3. The van der Waals surface area contributed by atoms with Gasteiger partial charge in [0, 0.05) is 18.8 Å². The van der Waals surface area contributed by atoms with Crippen molar-refractivity contribution in [2.24, 2.45) is 11.8 Å². The summed E-state index contributed by atoms with van der Waals surface area (Å²) in [7, 11) is 0. The van der Waals surface area contributed by atoms with Gasteiger partial charge in [0.05, 0.1) is 40.8 Å². The van der Waals surface area contributed by atoms with Gasteiger partial charge in [-0.05, 0) is 43.5 Å². The highest BCUT2D eigenvalue weighted by molar-refractivity contribution is 6.34. The molecule has 2 aromatic carbocycles. The number of likely N-dealkylation sites (tertiary alicyclic amines) is 1. The lowest BCUT2D eigenvalue weighted by Crippen LogP contribution is -2.59. The zero-order valence-corrected chi connectivity index (χ0v) is 24.8. The first kappa shape index (κ1) is 28.6. The molecule has 0 bridgehead atoms. The molecule has 2 aromatic rings. The van der Waals surface area contributed by atoms with Crippen molar-refractivity contribution in [2.75, 3.05) is 29.5 Å². The monoisotopic (exact) mass is 589 g/mol. The molecule has 0 saturated carbocycles. The summed E-state index contributed by atoms with van der Waals surface area (Å²) in [5.41, 5.74) is -0.384. The van der Waals surface area contributed by atoms with Crippen LogP contribution in [-0.2, 0) is 19.1 Å². The van der Waals surface area contributed by atoms with E-state index in [4.69, 9.17) is 16.3 Å². The summed E-state index contributed by atoms with van der Waals surface area (Å²) in [5, 5.41) is 10.8. The van der Waals surface area contributed by atoms with Gasteiger partial charge in [-0.3, -0.25) is 14.4 Å². The molecule has 220 valence electrons. The number of benzene rings is 2. The van der Waals surface area contributed by atoms with Crippen molar-refractivity contribution < 1.29 is 24.2 Å². The molecule has 1 spiro atoms. The standard InChI is InChI=1S/C33H36ClN3O5/c1-4-22(20-38)37-28-31(41)36(27-21(3)12-9-15-24(27)34)19-11-17-33(28)26(30(37)40)25-29(39)35(23-13-7-6-8-14-23)18-10-16-32(25,5-2)42-33/h6-17,22,25-26,28,38H,4-5,18-20H2,1-3H3/t22-,25+,26-,28?,32-,33-/m0/s1. The Labute approximate surface area is 251 Å². The Morgan fingerprint density at radius 1 is 0.929 bits per heavy atom. The summed E-state index contributed by atoms with van der Waals surface area (Å²) in [5.74, 6) is -2.75. The minimum absolute atomic E-state index is 0.218. The van der Waals surface area contributed by atoms with E-state index < -0.39 is 35.1 Å². The number of ether oxygens (including phenoxy) is 1. The second-order valence-electron chi connectivity index (χ2n) is 11.6. The first-order valence-corrected chi connectivity index (χ1v) is 15.0. The molecule has 2 saturated heterocycles. The fourth-order valence-electron chi connectivity index (χ4n) is 7.51. The van der Waals surface area contributed by atoms with Gasteiger partial charge in [0.2, 0.25) is 11.8 Å². The van der Waals surface area contributed by atoms with Gasteiger partial charge in [-0.15, -0.1) is 0 Å². The number of halogens is 1. The topological polar surface area (TPSA) is 90.4 Å². The smallest absolute Gasteiger partial charge is 0.253 e. The van der Waals surface area contributed by atoms with Crippen LogP contribution in [0.3, 0.4) is 0 Å². The molecular formula is C33H36ClN3O5. The number of aryl methyl sites for hydroxylation is 1. The first-order chi connectivity index (χ1) is 20.2. The summed E-state index contributed by atoms with van der Waals surface area (Å²) >= 11 is 6.64. The molecule has 4 heterocycles. The van der Waals surface area contributed by atoms with E-state index in [1.165, 1.54) is 4.90 Å². The van der Waals surface area contributed by atoms with Crippen molar-refractivity contribution in [1.29, 1.82) is 0 Å². The van der Waals surface area contributed by atoms with Crippen molar-refractivity contribution >= 4 is 40.7 Å². The number of aliphatic hydroxyl groups is 1. The number of para-hydroxylation sites is 2. The number of hydrogen-bond acceptors (Lipinski definition) is 5. The molecule has 2 fully saturated rings.